The zero-order valence-electron chi connectivity index (χ0n) is 10.2. The van der Waals surface area contributed by atoms with Crippen molar-refractivity contribution >= 4 is 17.2 Å². The fraction of sp³-hybridized carbons (Fsp3) is 0.667. The Morgan fingerprint density at radius 2 is 2.53 bits per heavy atom. The molecule has 0 radical (unpaired) electrons. The molecule has 17 heavy (non-hydrogen) atoms. The minimum atomic E-state index is 0.171. The van der Waals surface area contributed by atoms with Crippen molar-refractivity contribution in [2.45, 2.75) is 38.6 Å². The van der Waals surface area contributed by atoms with Crippen LogP contribution in [-0.4, -0.2) is 30.0 Å². The zero-order chi connectivity index (χ0) is 12.1. The highest BCUT2D eigenvalue weighted by molar-refractivity contribution is 7.09. The first-order valence-electron chi connectivity index (χ1n) is 6.15. The van der Waals surface area contributed by atoms with E-state index in [1.807, 2.05) is 6.92 Å². The molecule has 2 rings (SSSR count). The molecule has 1 atom stereocenters. The lowest BCUT2D eigenvalue weighted by Crippen LogP contribution is -2.33. The largest absolute Gasteiger partial charge is 0.356 e. The molecule has 1 amide bonds. The van der Waals surface area contributed by atoms with Crippen molar-refractivity contribution < 1.29 is 4.79 Å². The van der Waals surface area contributed by atoms with Crippen LogP contribution in [0.2, 0.25) is 0 Å². The van der Waals surface area contributed by atoms with E-state index in [2.05, 4.69) is 21.0 Å². The molecule has 1 aromatic heterocycles. The van der Waals surface area contributed by atoms with E-state index in [-0.39, 0.29) is 5.91 Å². The van der Waals surface area contributed by atoms with Crippen molar-refractivity contribution in [1.82, 2.24) is 15.6 Å². The summed E-state index contributed by atoms with van der Waals surface area (Å²) in [7, 11) is 0. The molecule has 0 bridgehead atoms. The predicted octanol–water partition coefficient (Wildman–Crippen LogP) is 1.25. The number of aromatic nitrogens is 1. The van der Waals surface area contributed by atoms with Gasteiger partial charge in [-0.25, -0.2) is 4.98 Å². The summed E-state index contributed by atoms with van der Waals surface area (Å²) in [6.07, 6.45) is 3.71. The lowest BCUT2D eigenvalue weighted by molar-refractivity contribution is -0.121. The lowest BCUT2D eigenvalue weighted by atomic mass is 10.1. The maximum absolute atomic E-state index is 11.4. The van der Waals surface area contributed by atoms with Gasteiger partial charge in [0.2, 0.25) is 5.91 Å². The van der Waals surface area contributed by atoms with Crippen LogP contribution in [0.4, 0.5) is 0 Å². The lowest BCUT2D eigenvalue weighted by Gasteiger charge is -2.14. The minimum Gasteiger partial charge on any atom is -0.356 e. The average Bonchev–Trinajstić information content (AvgIpc) is 2.58. The van der Waals surface area contributed by atoms with Gasteiger partial charge < -0.3 is 10.6 Å². The zero-order valence-corrected chi connectivity index (χ0v) is 11.0. The summed E-state index contributed by atoms with van der Waals surface area (Å²) in [6.45, 7) is 3.75. The molecule has 1 unspecified atom stereocenters. The van der Waals surface area contributed by atoms with Crippen molar-refractivity contribution in [3.05, 3.63) is 16.1 Å². The van der Waals surface area contributed by atoms with Crippen LogP contribution in [0.25, 0.3) is 0 Å². The van der Waals surface area contributed by atoms with Crippen LogP contribution < -0.4 is 10.6 Å². The van der Waals surface area contributed by atoms with Crippen LogP contribution >= 0.6 is 11.3 Å². The summed E-state index contributed by atoms with van der Waals surface area (Å²) in [5, 5.41) is 9.60. The smallest absolute Gasteiger partial charge is 0.221 e. The van der Waals surface area contributed by atoms with Crippen molar-refractivity contribution in [2.75, 3.05) is 13.1 Å². The van der Waals surface area contributed by atoms with Gasteiger partial charge in [-0.2, -0.15) is 0 Å². The first-order chi connectivity index (χ1) is 8.24. The standard InChI is InChI=1S/C12H19N3OS/c1-9-8-17-12(15-9)4-6-13-10-3-2-5-14-11(16)7-10/h8,10,13H,2-7H2,1H3,(H,14,16). The number of thiazole rings is 1. The van der Waals surface area contributed by atoms with Gasteiger partial charge in [0.05, 0.1) is 5.01 Å². The number of hydrogen-bond acceptors (Lipinski definition) is 4. The second-order valence-electron chi connectivity index (χ2n) is 4.48. The van der Waals surface area contributed by atoms with E-state index in [1.165, 1.54) is 5.01 Å². The van der Waals surface area contributed by atoms with E-state index in [0.29, 0.717) is 12.5 Å². The Balaban J connectivity index is 1.72. The van der Waals surface area contributed by atoms with Gasteiger partial charge in [0.1, 0.15) is 0 Å². The van der Waals surface area contributed by atoms with Crippen molar-refractivity contribution in [1.29, 1.82) is 0 Å². The molecular formula is C12H19N3OS. The molecule has 1 aromatic rings. The number of rotatable bonds is 4. The normalized spacial score (nSPS) is 21.0. The van der Waals surface area contributed by atoms with Crippen LogP contribution in [0, 0.1) is 6.92 Å². The van der Waals surface area contributed by atoms with E-state index >= 15 is 0 Å². The van der Waals surface area contributed by atoms with E-state index in [4.69, 9.17) is 0 Å². The van der Waals surface area contributed by atoms with Crippen LogP contribution in [0.3, 0.4) is 0 Å². The fourth-order valence-electron chi connectivity index (χ4n) is 2.05. The van der Waals surface area contributed by atoms with Crippen molar-refractivity contribution in [3.63, 3.8) is 0 Å². The summed E-state index contributed by atoms with van der Waals surface area (Å²) >= 11 is 1.71. The third kappa shape index (κ3) is 4.09. The Morgan fingerprint density at radius 3 is 3.29 bits per heavy atom. The minimum absolute atomic E-state index is 0.171. The summed E-state index contributed by atoms with van der Waals surface area (Å²) in [5.41, 5.74) is 1.10. The molecule has 0 aliphatic carbocycles. The monoisotopic (exact) mass is 253 g/mol. The number of amides is 1. The van der Waals surface area contributed by atoms with Crippen LogP contribution in [0.1, 0.15) is 30.0 Å². The second kappa shape index (κ2) is 6.12. The Hall–Kier alpha value is -0.940. The molecule has 0 aromatic carbocycles. The van der Waals surface area contributed by atoms with Crippen LogP contribution in [0.15, 0.2) is 5.38 Å². The first-order valence-corrected chi connectivity index (χ1v) is 7.03. The van der Waals surface area contributed by atoms with Gasteiger partial charge >= 0.3 is 0 Å². The summed E-state index contributed by atoms with van der Waals surface area (Å²) in [4.78, 5) is 15.8. The number of nitrogens with zero attached hydrogens (tertiary/aromatic N) is 1. The highest BCUT2D eigenvalue weighted by atomic mass is 32.1. The molecule has 1 fully saturated rings. The Bertz CT molecular complexity index is 378. The fourth-order valence-corrected chi connectivity index (χ4v) is 2.83. The predicted molar refractivity (Wildman–Crippen MR) is 69.2 cm³/mol. The van der Waals surface area contributed by atoms with Gasteiger partial charge in [-0.3, -0.25) is 4.79 Å². The highest BCUT2D eigenvalue weighted by Gasteiger charge is 2.16. The van der Waals surface area contributed by atoms with Gasteiger partial charge in [0.15, 0.2) is 0 Å². The van der Waals surface area contributed by atoms with Crippen molar-refractivity contribution in [3.8, 4) is 0 Å². The Labute approximate surface area is 106 Å². The maximum Gasteiger partial charge on any atom is 0.221 e. The quantitative estimate of drug-likeness (QED) is 0.849. The summed E-state index contributed by atoms with van der Waals surface area (Å²) < 4.78 is 0. The van der Waals surface area contributed by atoms with Gasteiger partial charge in [-0.15, -0.1) is 11.3 Å². The van der Waals surface area contributed by atoms with E-state index in [9.17, 15) is 4.79 Å². The third-order valence-corrected chi connectivity index (χ3v) is 3.95. The summed E-state index contributed by atoms with van der Waals surface area (Å²) in [6, 6.07) is 0.332. The number of hydrogen-bond donors (Lipinski definition) is 2. The average molecular weight is 253 g/mol. The number of carbonyl (C=O) groups is 1. The third-order valence-electron chi connectivity index (χ3n) is 2.92. The molecule has 1 aliphatic rings. The molecule has 0 spiro atoms. The second-order valence-corrected chi connectivity index (χ2v) is 5.42. The number of nitrogens with one attached hydrogen (secondary N) is 2. The highest BCUT2D eigenvalue weighted by Crippen LogP contribution is 2.10. The van der Waals surface area contributed by atoms with Crippen LogP contribution in [-0.2, 0) is 11.2 Å². The maximum atomic E-state index is 11.4. The van der Waals surface area contributed by atoms with Gasteiger partial charge in [0.25, 0.3) is 0 Å². The SMILES string of the molecule is Cc1csc(CCNC2CCCNC(=O)C2)n1. The molecule has 2 N–H and O–H groups in total. The molecule has 94 valence electrons. The molecular weight excluding hydrogens is 234 g/mol. The van der Waals surface area contributed by atoms with E-state index in [0.717, 1.165) is 38.0 Å². The van der Waals surface area contributed by atoms with Crippen LogP contribution in [0.5, 0.6) is 0 Å². The Kier molecular flexibility index (Phi) is 4.50. The van der Waals surface area contributed by atoms with Gasteiger partial charge in [-0.1, -0.05) is 0 Å². The first kappa shape index (κ1) is 12.5. The molecule has 4 nitrogen and oxygen atoms in total. The van der Waals surface area contributed by atoms with Gasteiger partial charge in [0, 0.05) is 43.0 Å². The molecule has 1 saturated heterocycles. The molecule has 2 heterocycles. The Morgan fingerprint density at radius 1 is 1.65 bits per heavy atom. The topological polar surface area (TPSA) is 54.0 Å². The molecule has 1 aliphatic heterocycles. The molecule has 5 heteroatoms. The number of aryl methyl sites for hydroxylation is 1. The molecule has 0 saturated carbocycles. The van der Waals surface area contributed by atoms with Crippen molar-refractivity contribution in [2.24, 2.45) is 0 Å². The van der Waals surface area contributed by atoms with E-state index in [1.54, 1.807) is 11.3 Å². The summed E-state index contributed by atoms with van der Waals surface area (Å²) in [5.74, 6) is 0.171. The number of carbonyl (C=O) groups excluding carboxylic acids is 1. The van der Waals surface area contributed by atoms with Gasteiger partial charge in [-0.05, 0) is 19.8 Å². The van der Waals surface area contributed by atoms with E-state index < -0.39 is 0 Å².